The zero-order valence-corrected chi connectivity index (χ0v) is 22.2. The quantitative estimate of drug-likeness (QED) is 0.271. The van der Waals surface area contributed by atoms with Gasteiger partial charge >= 0.3 is 0 Å². The number of thioether (sulfide) groups is 3. The predicted octanol–water partition coefficient (Wildman–Crippen LogP) is 8.28. The Morgan fingerprint density at radius 3 is 1.62 bits per heavy atom. The minimum Gasteiger partial charge on any atom is -0.496 e. The number of rotatable bonds is 2. The Hall–Kier alpha value is -1.95. The van der Waals surface area contributed by atoms with E-state index in [1.807, 2.05) is 37.7 Å². The van der Waals surface area contributed by atoms with Crippen LogP contribution < -0.4 is 9.47 Å². The largest absolute Gasteiger partial charge is 0.496 e. The van der Waals surface area contributed by atoms with Crippen molar-refractivity contribution in [3.8, 4) is 22.6 Å². The normalized spacial score (nSPS) is 15.4. The lowest BCUT2D eigenvalue weighted by Gasteiger charge is -2.22. The van der Waals surface area contributed by atoms with Crippen molar-refractivity contribution >= 4 is 56.8 Å². The van der Waals surface area contributed by atoms with E-state index in [2.05, 4.69) is 72.4 Å². The summed E-state index contributed by atoms with van der Waals surface area (Å²) in [5, 5.41) is 4.91. The van der Waals surface area contributed by atoms with Crippen LogP contribution in [0, 0.1) is 0 Å². The average Bonchev–Trinajstić information content (AvgIpc) is 2.87. The van der Waals surface area contributed by atoms with Crippen LogP contribution in [0.1, 0.15) is 17.5 Å². The first-order chi connectivity index (χ1) is 16.8. The molecule has 0 saturated carbocycles. The third kappa shape index (κ3) is 4.75. The fourth-order valence-electron chi connectivity index (χ4n) is 4.80. The van der Waals surface area contributed by atoms with Gasteiger partial charge in [0.05, 0.1) is 14.2 Å². The second-order valence-electron chi connectivity index (χ2n) is 8.40. The Balaban J connectivity index is 1.85. The van der Waals surface area contributed by atoms with E-state index < -0.39 is 0 Å². The maximum absolute atomic E-state index is 6.20. The van der Waals surface area contributed by atoms with Crippen molar-refractivity contribution in [2.75, 3.05) is 37.2 Å². The summed E-state index contributed by atoms with van der Waals surface area (Å²) in [4.78, 5) is 0. The molecular formula is C29H30O2S3. The molecule has 0 fully saturated rings. The highest BCUT2D eigenvalue weighted by molar-refractivity contribution is 8.02. The second kappa shape index (κ2) is 11.2. The highest BCUT2D eigenvalue weighted by Crippen LogP contribution is 2.49. The molecule has 0 spiro atoms. The summed E-state index contributed by atoms with van der Waals surface area (Å²) in [6.45, 7) is 0. The van der Waals surface area contributed by atoms with Crippen molar-refractivity contribution in [2.45, 2.75) is 17.9 Å². The van der Waals surface area contributed by atoms with Gasteiger partial charge in [-0.2, -0.15) is 35.3 Å². The van der Waals surface area contributed by atoms with Crippen molar-refractivity contribution in [3.63, 3.8) is 0 Å². The third-order valence-corrected chi connectivity index (χ3v) is 9.71. The van der Waals surface area contributed by atoms with E-state index in [9.17, 15) is 0 Å². The van der Waals surface area contributed by atoms with Crippen molar-refractivity contribution in [1.82, 2.24) is 0 Å². The third-order valence-electron chi connectivity index (χ3n) is 6.28. The van der Waals surface area contributed by atoms with E-state index in [1.165, 1.54) is 56.4 Å². The molecule has 1 aliphatic rings. The number of hydrogen-bond acceptors (Lipinski definition) is 5. The molecule has 0 unspecified atom stereocenters. The van der Waals surface area contributed by atoms with E-state index in [0.29, 0.717) is 0 Å². The van der Waals surface area contributed by atoms with Gasteiger partial charge in [-0.15, -0.1) is 0 Å². The molecule has 4 aromatic carbocycles. The minimum atomic E-state index is 0.942. The molecule has 2 nitrogen and oxygen atoms in total. The first kappa shape index (κ1) is 23.8. The molecule has 0 atom stereocenters. The van der Waals surface area contributed by atoms with Crippen molar-refractivity contribution in [3.05, 3.63) is 71.8 Å². The molecule has 0 radical (unpaired) electrons. The number of hydrogen-bond donors (Lipinski definition) is 0. The Morgan fingerprint density at radius 2 is 1.06 bits per heavy atom. The highest BCUT2D eigenvalue weighted by atomic mass is 32.2. The molecule has 5 heteroatoms. The van der Waals surface area contributed by atoms with Crippen LogP contribution in [-0.2, 0) is 11.5 Å². The Bertz CT molecular complexity index is 1200. The predicted molar refractivity (Wildman–Crippen MR) is 154 cm³/mol. The number of fused-ring (bicyclic) bond motifs is 9. The Morgan fingerprint density at radius 1 is 0.588 bits per heavy atom. The summed E-state index contributed by atoms with van der Waals surface area (Å²) in [5.74, 6) is 8.60. The fraction of sp³-hybridized carbons (Fsp3) is 0.310. The summed E-state index contributed by atoms with van der Waals surface area (Å²) in [6, 6.07) is 22.0. The fourth-order valence-corrected chi connectivity index (χ4v) is 7.98. The molecule has 176 valence electrons. The van der Waals surface area contributed by atoms with Gasteiger partial charge in [-0.1, -0.05) is 48.5 Å². The van der Waals surface area contributed by atoms with E-state index in [1.54, 1.807) is 0 Å². The lowest BCUT2D eigenvalue weighted by Crippen LogP contribution is -2.01. The SMILES string of the molecule is COc1c2cc3ccccc3c1-c1c(OC)c(cc3ccccc13)CSCCSCCCSC2. The van der Waals surface area contributed by atoms with Gasteiger partial charge in [0.15, 0.2) is 0 Å². The summed E-state index contributed by atoms with van der Waals surface area (Å²) in [6.07, 6.45) is 1.25. The van der Waals surface area contributed by atoms with Gasteiger partial charge in [0.25, 0.3) is 0 Å². The molecular weight excluding hydrogens is 477 g/mol. The summed E-state index contributed by atoms with van der Waals surface area (Å²) < 4.78 is 12.4. The molecule has 1 heterocycles. The van der Waals surface area contributed by atoms with E-state index >= 15 is 0 Å². The summed E-state index contributed by atoms with van der Waals surface area (Å²) in [7, 11) is 3.62. The molecule has 1 aliphatic heterocycles. The van der Waals surface area contributed by atoms with E-state index in [0.717, 1.165) is 39.9 Å². The number of methoxy groups -OCH3 is 2. The van der Waals surface area contributed by atoms with Gasteiger partial charge in [0, 0.05) is 45.3 Å². The van der Waals surface area contributed by atoms with Crippen LogP contribution >= 0.6 is 35.3 Å². The number of benzene rings is 4. The molecule has 5 rings (SSSR count). The lowest BCUT2D eigenvalue weighted by molar-refractivity contribution is 0.407. The van der Waals surface area contributed by atoms with Crippen molar-refractivity contribution < 1.29 is 9.47 Å². The van der Waals surface area contributed by atoms with Crippen LogP contribution in [0.15, 0.2) is 60.7 Å². The van der Waals surface area contributed by atoms with Gasteiger partial charge in [-0.3, -0.25) is 0 Å². The molecule has 34 heavy (non-hydrogen) atoms. The molecule has 0 saturated heterocycles. The summed E-state index contributed by atoms with van der Waals surface area (Å²) >= 11 is 6.08. The molecule has 0 amide bonds. The summed E-state index contributed by atoms with van der Waals surface area (Å²) in [5.41, 5.74) is 4.81. The van der Waals surface area contributed by atoms with E-state index in [-0.39, 0.29) is 0 Å². The van der Waals surface area contributed by atoms with Crippen LogP contribution in [0.3, 0.4) is 0 Å². The van der Waals surface area contributed by atoms with Gasteiger partial charge in [0.1, 0.15) is 11.5 Å². The first-order valence-electron chi connectivity index (χ1n) is 11.7. The van der Waals surface area contributed by atoms with Gasteiger partial charge in [-0.25, -0.2) is 0 Å². The molecule has 4 bridgehead atoms. The van der Waals surface area contributed by atoms with Gasteiger partial charge in [0.2, 0.25) is 0 Å². The Labute approximate surface area is 215 Å². The molecule has 4 aromatic rings. The second-order valence-corrected chi connectivity index (χ2v) is 11.8. The van der Waals surface area contributed by atoms with Crippen LogP contribution in [0.25, 0.3) is 32.7 Å². The Kier molecular flexibility index (Phi) is 7.83. The monoisotopic (exact) mass is 506 g/mol. The molecule has 0 aliphatic carbocycles. The molecule has 0 N–H and O–H groups in total. The van der Waals surface area contributed by atoms with Crippen molar-refractivity contribution in [2.24, 2.45) is 0 Å². The van der Waals surface area contributed by atoms with Gasteiger partial charge < -0.3 is 9.47 Å². The number of ether oxygens (including phenoxy) is 2. The zero-order chi connectivity index (χ0) is 23.3. The lowest BCUT2D eigenvalue weighted by atomic mass is 9.89. The maximum Gasteiger partial charge on any atom is 0.131 e. The van der Waals surface area contributed by atoms with E-state index in [4.69, 9.17) is 9.47 Å². The first-order valence-corrected chi connectivity index (χ1v) is 15.2. The van der Waals surface area contributed by atoms with Crippen LogP contribution in [0.2, 0.25) is 0 Å². The average molecular weight is 507 g/mol. The smallest absolute Gasteiger partial charge is 0.131 e. The van der Waals surface area contributed by atoms with Gasteiger partial charge in [-0.05, 0) is 51.6 Å². The topological polar surface area (TPSA) is 18.5 Å². The van der Waals surface area contributed by atoms with Crippen LogP contribution in [0.4, 0.5) is 0 Å². The minimum absolute atomic E-state index is 0.942. The molecule has 0 aromatic heterocycles. The standard InChI is InChI=1S/C29H30O2S3/c1-30-28-22-16-20-8-3-5-10-24(20)26(28)27-25-11-6-4-9-21(25)17-23(29(27)31-2)19-34-15-14-32-12-7-13-33-18-22/h3-6,8-11,16-17H,7,12-15,18-19H2,1-2H3. The zero-order valence-electron chi connectivity index (χ0n) is 19.8. The van der Waals surface area contributed by atoms with Crippen molar-refractivity contribution in [1.29, 1.82) is 0 Å². The van der Waals surface area contributed by atoms with Crippen LogP contribution in [-0.4, -0.2) is 37.2 Å². The van der Waals surface area contributed by atoms with Crippen LogP contribution in [0.5, 0.6) is 11.5 Å². The maximum atomic E-state index is 6.20. The highest BCUT2D eigenvalue weighted by Gasteiger charge is 2.23.